The lowest BCUT2D eigenvalue weighted by molar-refractivity contribution is -0.142. The number of rotatable bonds is 9. The highest BCUT2D eigenvalue weighted by Gasteiger charge is 2.27. The van der Waals surface area contributed by atoms with Gasteiger partial charge in [0.1, 0.15) is 0 Å². The van der Waals surface area contributed by atoms with E-state index in [4.69, 9.17) is 19.3 Å². The van der Waals surface area contributed by atoms with Crippen molar-refractivity contribution in [3.63, 3.8) is 0 Å². The summed E-state index contributed by atoms with van der Waals surface area (Å²) in [6.45, 7) is 0.0340. The highest BCUT2D eigenvalue weighted by molar-refractivity contribution is 5.80. The fourth-order valence-electron chi connectivity index (χ4n) is 3.08. The Morgan fingerprint density at radius 3 is 2.29 bits per heavy atom. The average Bonchev–Trinajstić information content (AvgIpc) is 2.71. The Hall–Kier alpha value is -2.93. The first-order valence-electron chi connectivity index (χ1n) is 8.89. The maximum Gasteiger partial charge on any atom is 0.313 e. The molecule has 2 rings (SSSR count). The molecular formula is C21H26O7. The number of phenolic OH excluding ortho intramolecular Hbond substituents is 2. The number of aliphatic hydroxyl groups excluding tert-OH is 1. The third kappa shape index (κ3) is 4.86. The van der Waals surface area contributed by atoms with Gasteiger partial charge in [-0.25, -0.2) is 0 Å². The molecular weight excluding hydrogens is 364 g/mol. The van der Waals surface area contributed by atoms with E-state index in [0.29, 0.717) is 24.2 Å². The number of phenols is 2. The van der Waals surface area contributed by atoms with Crippen LogP contribution < -0.4 is 9.47 Å². The Balaban J connectivity index is 2.48. The predicted octanol–water partition coefficient (Wildman–Crippen LogP) is 2.54. The van der Waals surface area contributed by atoms with Gasteiger partial charge in [0, 0.05) is 12.2 Å². The minimum absolute atomic E-state index is 0.00335. The highest BCUT2D eigenvalue weighted by Crippen LogP contribution is 2.39. The van der Waals surface area contributed by atoms with E-state index in [-0.39, 0.29) is 30.3 Å². The molecule has 0 radical (unpaired) electrons. The van der Waals surface area contributed by atoms with Gasteiger partial charge >= 0.3 is 5.97 Å². The number of aryl methyl sites for hydroxylation is 1. The van der Waals surface area contributed by atoms with E-state index in [0.717, 1.165) is 11.1 Å². The van der Waals surface area contributed by atoms with Gasteiger partial charge in [-0.1, -0.05) is 12.1 Å². The van der Waals surface area contributed by atoms with Crippen LogP contribution in [0.5, 0.6) is 23.0 Å². The molecule has 28 heavy (non-hydrogen) atoms. The number of methoxy groups -OCH3 is 3. The molecule has 0 spiro atoms. The third-order valence-electron chi connectivity index (χ3n) is 4.55. The number of aromatic hydroxyl groups is 2. The number of carbonyl (C=O) groups excluding carboxylic acids is 1. The zero-order valence-electron chi connectivity index (χ0n) is 16.3. The molecule has 7 heteroatoms. The molecule has 0 saturated carbocycles. The molecule has 0 aromatic heterocycles. The first kappa shape index (κ1) is 21.4. The van der Waals surface area contributed by atoms with Crippen LogP contribution in [-0.4, -0.2) is 49.2 Å². The highest BCUT2D eigenvalue weighted by atomic mass is 16.5. The topological polar surface area (TPSA) is 105 Å². The number of hydrogen-bond donors (Lipinski definition) is 3. The zero-order valence-corrected chi connectivity index (χ0v) is 16.3. The summed E-state index contributed by atoms with van der Waals surface area (Å²) in [5, 5.41) is 29.5. The molecule has 152 valence electrons. The van der Waals surface area contributed by atoms with Crippen molar-refractivity contribution in [2.24, 2.45) is 0 Å². The average molecular weight is 390 g/mol. The fraction of sp³-hybridized carbons (Fsp3) is 0.381. The van der Waals surface area contributed by atoms with Crippen molar-refractivity contribution >= 4 is 5.97 Å². The summed E-state index contributed by atoms with van der Waals surface area (Å²) in [6.07, 6.45) is 1.34. The second-order valence-electron chi connectivity index (χ2n) is 6.35. The molecule has 0 unspecified atom stereocenters. The molecule has 1 atom stereocenters. The summed E-state index contributed by atoms with van der Waals surface area (Å²) < 4.78 is 15.3. The van der Waals surface area contributed by atoms with Crippen LogP contribution in [0.2, 0.25) is 0 Å². The van der Waals surface area contributed by atoms with Crippen molar-refractivity contribution in [1.29, 1.82) is 0 Å². The van der Waals surface area contributed by atoms with Crippen LogP contribution in [0.15, 0.2) is 30.3 Å². The summed E-state index contributed by atoms with van der Waals surface area (Å²) in [6, 6.07) is 8.21. The van der Waals surface area contributed by atoms with Crippen molar-refractivity contribution in [2.45, 2.75) is 25.2 Å². The molecule has 0 fully saturated rings. The normalized spacial score (nSPS) is 11.7. The van der Waals surface area contributed by atoms with Crippen molar-refractivity contribution in [3.8, 4) is 23.0 Å². The molecule has 0 aliphatic rings. The van der Waals surface area contributed by atoms with Gasteiger partial charge < -0.3 is 29.5 Å². The first-order chi connectivity index (χ1) is 13.4. The maximum atomic E-state index is 12.5. The van der Waals surface area contributed by atoms with E-state index in [1.807, 2.05) is 0 Å². The van der Waals surface area contributed by atoms with E-state index in [1.165, 1.54) is 27.4 Å². The number of ether oxygens (including phenoxy) is 3. The Morgan fingerprint density at radius 2 is 1.68 bits per heavy atom. The number of esters is 1. The molecule has 0 heterocycles. The second-order valence-corrected chi connectivity index (χ2v) is 6.35. The standard InChI is InChI=1S/C21H26O7/c1-26-18-11-14(6-7-17(18)23)10-16(21(25)28-3)15-9-13(5-4-8-22)12-19(27-2)20(15)24/h6-7,9,11-12,16,22-24H,4-5,8,10H2,1-3H3/t16-/m0/s1. The van der Waals surface area contributed by atoms with Gasteiger partial charge in [0.25, 0.3) is 0 Å². The predicted molar refractivity (Wildman–Crippen MR) is 103 cm³/mol. The zero-order chi connectivity index (χ0) is 20.7. The van der Waals surface area contributed by atoms with Crippen LogP contribution in [0, 0.1) is 0 Å². The maximum absolute atomic E-state index is 12.5. The van der Waals surface area contributed by atoms with Crippen molar-refractivity contribution in [1.82, 2.24) is 0 Å². The molecule has 3 N–H and O–H groups in total. The van der Waals surface area contributed by atoms with Gasteiger partial charge in [-0.3, -0.25) is 4.79 Å². The third-order valence-corrected chi connectivity index (χ3v) is 4.55. The van der Waals surface area contributed by atoms with Crippen LogP contribution >= 0.6 is 0 Å². The number of benzene rings is 2. The van der Waals surface area contributed by atoms with E-state index < -0.39 is 11.9 Å². The Bertz CT molecular complexity index is 817. The van der Waals surface area contributed by atoms with Gasteiger partial charge in [0.2, 0.25) is 0 Å². The molecule has 0 bridgehead atoms. The van der Waals surface area contributed by atoms with Gasteiger partial charge in [-0.05, 0) is 48.6 Å². The van der Waals surface area contributed by atoms with Gasteiger partial charge in [0.05, 0.1) is 27.2 Å². The van der Waals surface area contributed by atoms with Gasteiger partial charge in [0.15, 0.2) is 23.0 Å². The molecule has 0 amide bonds. The molecule has 2 aromatic carbocycles. The summed E-state index contributed by atoms with van der Waals surface area (Å²) in [7, 11) is 4.17. The number of carbonyl (C=O) groups is 1. The molecule has 2 aromatic rings. The van der Waals surface area contributed by atoms with Crippen molar-refractivity contribution in [3.05, 3.63) is 47.0 Å². The lowest BCUT2D eigenvalue weighted by atomic mass is 9.89. The summed E-state index contributed by atoms with van der Waals surface area (Å²) >= 11 is 0. The Labute approximate surface area is 164 Å². The van der Waals surface area contributed by atoms with Crippen LogP contribution in [0.1, 0.15) is 29.0 Å². The Morgan fingerprint density at radius 1 is 1.00 bits per heavy atom. The lowest BCUT2D eigenvalue weighted by Gasteiger charge is -2.20. The van der Waals surface area contributed by atoms with E-state index in [2.05, 4.69) is 0 Å². The number of hydrogen-bond acceptors (Lipinski definition) is 7. The monoisotopic (exact) mass is 390 g/mol. The van der Waals surface area contributed by atoms with Crippen LogP contribution in [0.4, 0.5) is 0 Å². The Kier molecular flexibility index (Phi) is 7.52. The molecule has 0 aliphatic carbocycles. The van der Waals surface area contributed by atoms with E-state index in [9.17, 15) is 15.0 Å². The summed E-state index contributed by atoms with van der Waals surface area (Å²) in [4.78, 5) is 12.5. The minimum Gasteiger partial charge on any atom is -0.504 e. The largest absolute Gasteiger partial charge is 0.504 e. The summed E-state index contributed by atoms with van der Waals surface area (Å²) in [5.74, 6) is -0.888. The molecule has 0 saturated heterocycles. The van der Waals surface area contributed by atoms with Crippen molar-refractivity contribution < 1.29 is 34.3 Å². The van der Waals surface area contributed by atoms with Crippen LogP contribution in [0.25, 0.3) is 0 Å². The minimum atomic E-state index is -0.790. The van der Waals surface area contributed by atoms with Crippen LogP contribution in [-0.2, 0) is 22.4 Å². The number of aliphatic hydroxyl groups is 1. The van der Waals surface area contributed by atoms with Gasteiger partial charge in [-0.2, -0.15) is 0 Å². The lowest BCUT2D eigenvalue weighted by Crippen LogP contribution is -2.17. The molecule has 7 nitrogen and oxygen atoms in total. The molecule has 0 aliphatic heterocycles. The van der Waals surface area contributed by atoms with Crippen LogP contribution in [0.3, 0.4) is 0 Å². The first-order valence-corrected chi connectivity index (χ1v) is 8.89. The smallest absolute Gasteiger partial charge is 0.313 e. The van der Waals surface area contributed by atoms with Gasteiger partial charge in [-0.15, -0.1) is 0 Å². The SMILES string of the molecule is COC(=O)[C@@H](Cc1ccc(O)c(OC)c1)c1cc(CCCO)cc(OC)c1O. The fourth-order valence-corrected chi connectivity index (χ4v) is 3.08. The second kappa shape index (κ2) is 9.85. The quantitative estimate of drug-likeness (QED) is 0.565. The van der Waals surface area contributed by atoms with Crippen molar-refractivity contribution in [2.75, 3.05) is 27.9 Å². The van der Waals surface area contributed by atoms with E-state index >= 15 is 0 Å². The summed E-state index contributed by atoms with van der Waals surface area (Å²) in [5.41, 5.74) is 1.94. The van der Waals surface area contributed by atoms with E-state index in [1.54, 1.807) is 24.3 Å².